The summed E-state index contributed by atoms with van der Waals surface area (Å²) in [7, 11) is 1.63. The van der Waals surface area contributed by atoms with E-state index in [-0.39, 0.29) is 11.9 Å². The van der Waals surface area contributed by atoms with Crippen LogP contribution in [0.3, 0.4) is 0 Å². The molecule has 29 heavy (non-hydrogen) atoms. The molecule has 2 saturated heterocycles. The minimum atomic E-state index is -0.240. The Hall–Kier alpha value is -2.71. The number of aromatic nitrogens is 2. The normalized spacial score (nSPS) is 20.8. The van der Waals surface area contributed by atoms with Crippen molar-refractivity contribution in [3.05, 3.63) is 42.2 Å². The molecule has 0 spiro atoms. The molecule has 0 aliphatic carbocycles. The Bertz CT molecular complexity index is 856. The standard InChI is InChI=1S/C21H27N5O3/c1-16-20(27)26(18-5-3-4-6-19(18)28-2)10-9-25(16)15-17-7-8-22-21(23-17)24-11-13-29-14-12-24/h3-8,16H,9-15H2,1-2H3. The predicted octanol–water partition coefficient (Wildman–Crippen LogP) is 1.56. The predicted molar refractivity (Wildman–Crippen MR) is 110 cm³/mol. The number of anilines is 2. The molecule has 4 rings (SSSR count). The molecule has 2 aromatic rings. The summed E-state index contributed by atoms with van der Waals surface area (Å²) in [6.45, 7) is 6.95. The van der Waals surface area contributed by atoms with Gasteiger partial charge in [-0.2, -0.15) is 0 Å². The van der Waals surface area contributed by atoms with E-state index in [4.69, 9.17) is 14.5 Å². The number of hydrogen-bond donors (Lipinski definition) is 0. The van der Waals surface area contributed by atoms with Gasteiger partial charge in [0, 0.05) is 38.9 Å². The van der Waals surface area contributed by atoms with Gasteiger partial charge in [-0.25, -0.2) is 9.97 Å². The monoisotopic (exact) mass is 397 g/mol. The number of hydrogen-bond acceptors (Lipinski definition) is 7. The minimum absolute atomic E-state index is 0.0724. The van der Waals surface area contributed by atoms with Crippen LogP contribution in [0.1, 0.15) is 12.6 Å². The third kappa shape index (κ3) is 4.18. The van der Waals surface area contributed by atoms with Gasteiger partial charge in [0.05, 0.1) is 37.7 Å². The van der Waals surface area contributed by atoms with Crippen molar-refractivity contribution in [2.45, 2.75) is 19.5 Å². The maximum atomic E-state index is 13.1. The number of morpholine rings is 1. The minimum Gasteiger partial charge on any atom is -0.495 e. The molecular weight excluding hydrogens is 370 g/mol. The van der Waals surface area contributed by atoms with Crippen LogP contribution in [0.15, 0.2) is 36.5 Å². The lowest BCUT2D eigenvalue weighted by molar-refractivity contribution is -0.125. The first kappa shape index (κ1) is 19.6. The highest BCUT2D eigenvalue weighted by Gasteiger charge is 2.33. The fourth-order valence-electron chi connectivity index (χ4n) is 3.82. The van der Waals surface area contributed by atoms with Gasteiger partial charge >= 0.3 is 0 Å². The van der Waals surface area contributed by atoms with E-state index in [2.05, 4.69) is 14.8 Å². The summed E-state index contributed by atoms with van der Waals surface area (Å²) in [5, 5.41) is 0. The van der Waals surface area contributed by atoms with E-state index in [1.165, 1.54) is 0 Å². The van der Waals surface area contributed by atoms with Gasteiger partial charge in [-0.15, -0.1) is 0 Å². The summed E-state index contributed by atoms with van der Waals surface area (Å²) in [5.74, 6) is 1.52. The van der Waals surface area contributed by atoms with Gasteiger partial charge in [-0.1, -0.05) is 12.1 Å². The largest absolute Gasteiger partial charge is 0.495 e. The SMILES string of the molecule is COc1ccccc1N1CCN(Cc2ccnc(N3CCOCC3)n2)C(C)C1=O. The molecule has 0 bridgehead atoms. The molecule has 1 amide bonds. The topological polar surface area (TPSA) is 71.0 Å². The van der Waals surface area contributed by atoms with Gasteiger partial charge in [0.15, 0.2) is 0 Å². The smallest absolute Gasteiger partial charge is 0.244 e. The lowest BCUT2D eigenvalue weighted by Crippen LogP contribution is -2.55. The van der Waals surface area contributed by atoms with E-state index in [9.17, 15) is 4.79 Å². The number of carbonyl (C=O) groups excluding carboxylic acids is 1. The maximum absolute atomic E-state index is 13.1. The van der Waals surface area contributed by atoms with Crippen LogP contribution in [-0.4, -0.2) is 73.3 Å². The number of rotatable bonds is 5. The van der Waals surface area contributed by atoms with Crippen LogP contribution in [0.2, 0.25) is 0 Å². The van der Waals surface area contributed by atoms with Crippen molar-refractivity contribution in [2.75, 3.05) is 56.3 Å². The van der Waals surface area contributed by atoms with Crippen LogP contribution in [0, 0.1) is 0 Å². The number of amides is 1. The lowest BCUT2D eigenvalue weighted by Gasteiger charge is -2.39. The Morgan fingerprint density at radius 2 is 1.93 bits per heavy atom. The first-order chi connectivity index (χ1) is 14.2. The third-order valence-corrected chi connectivity index (χ3v) is 5.52. The Morgan fingerprint density at radius 3 is 2.72 bits per heavy atom. The van der Waals surface area contributed by atoms with Gasteiger partial charge in [-0.3, -0.25) is 9.69 Å². The molecule has 8 nitrogen and oxygen atoms in total. The number of piperazine rings is 1. The molecule has 2 fully saturated rings. The lowest BCUT2D eigenvalue weighted by atomic mass is 10.1. The van der Waals surface area contributed by atoms with Gasteiger partial charge in [0.25, 0.3) is 0 Å². The van der Waals surface area contributed by atoms with Crippen molar-refractivity contribution in [1.82, 2.24) is 14.9 Å². The van der Waals surface area contributed by atoms with E-state index in [1.54, 1.807) is 13.3 Å². The molecule has 1 atom stereocenters. The van der Waals surface area contributed by atoms with Gasteiger partial charge in [-0.05, 0) is 25.1 Å². The summed E-state index contributed by atoms with van der Waals surface area (Å²) in [5.41, 5.74) is 1.75. The summed E-state index contributed by atoms with van der Waals surface area (Å²) in [6.07, 6.45) is 1.80. The molecule has 0 N–H and O–H groups in total. The molecule has 3 heterocycles. The molecule has 2 aliphatic rings. The van der Waals surface area contributed by atoms with Crippen molar-refractivity contribution in [3.63, 3.8) is 0 Å². The Kier molecular flexibility index (Phi) is 5.92. The van der Waals surface area contributed by atoms with Crippen molar-refractivity contribution < 1.29 is 14.3 Å². The zero-order chi connectivity index (χ0) is 20.2. The van der Waals surface area contributed by atoms with Crippen molar-refractivity contribution in [3.8, 4) is 5.75 Å². The van der Waals surface area contributed by atoms with Gasteiger partial charge < -0.3 is 19.3 Å². The fraction of sp³-hybridized carbons (Fsp3) is 0.476. The second-order valence-corrected chi connectivity index (χ2v) is 7.26. The number of ether oxygens (including phenoxy) is 2. The molecule has 0 radical (unpaired) electrons. The Morgan fingerprint density at radius 1 is 1.14 bits per heavy atom. The molecule has 0 saturated carbocycles. The Balaban J connectivity index is 1.45. The van der Waals surface area contributed by atoms with Crippen molar-refractivity contribution in [2.24, 2.45) is 0 Å². The van der Waals surface area contributed by atoms with Crippen LogP contribution in [0.5, 0.6) is 5.75 Å². The fourth-order valence-corrected chi connectivity index (χ4v) is 3.82. The average molecular weight is 397 g/mol. The number of nitrogens with zero attached hydrogens (tertiary/aromatic N) is 5. The summed E-state index contributed by atoms with van der Waals surface area (Å²) in [6, 6.07) is 9.33. The molecular formula is C21H27N5O3. The number of para-hydroxylation sites is 2. The van der Waals surface area contributed by atoms with E-state index < -0.39 is 0 Å². The summed E-state index contributed by atoms with van der Waals surface area (Å²) < 4.78 is 10.8. The third-order valence-electron chi connectivity index (χ3n) is 5.52. The number of methoxy groups -OCH3 is 1. The van der Waals surface area contributed by atoms with Gasteiger partial charge in [0.1, 0.15) is 5.75 Å². The molecule has 154 valence electrons. The van der Waals surface area contributed by atoms with Crippen molar-refractivity contribution in [1.29, 1.82) is 0 Å². The van der Waals surface area contributed by atoms with Crippen LogP contribution in [0.25, 0.3) is 0 Å². The van der Waals surface area contributed by atoms with E-state index in [0.29, 0.717) is 32.1 Å². The van der Waals surface area contributed by atoms with E-state index >= 15 is 0 Å². The van der Waals surface area contributed by atoms with E-state index in [1.807, 2.05) is 42.2 Å². The average Bonchev–Trinajstić information content (AvgIpc) is 2.78. The molecule has 1 aromatic carbocycles. The van der Waals surface area contributed by atoms with Gasteiger partial charge in [0.2, 0.25) is 11.9 Å². The zero-order valence-electron chi connectivity index (χ0n) is 17.0. The first-order valence-corrected chi connectivity index (χ1v) is 10.0. The highest BCUT2D eigenvalue weighted by atomic mass is 16.5. The number of benzene rings is 1. The second-order valence-electron chi connectivity index (χ2n) is 7.26. The van der Waals surface area contributed by atoms with Crippen LogP contribution in [-0.2, 0) is 16.1 Å². The summed E-state index contributed by atoms with van der Waals surface area (Å²) in [4.78, 5) is 28.3. The Labute approximate surface area is 171 Å². The van der Waals surface area contributed by atoms with Crippen molar-refractivity contribution >= 4 is 17.5 Å². The summed E-state index contributed by atoms with van der Waals surface area (Å²) >= 11 is 0. The highest BCUT2D eigenvalue weighted by molar-refractivity contribution is 5.98. The first-order valence-electron chi connectivity index (χ1n) is 10.0. The molecule has 1 unspecified atom stereocenters. The molecule has 2 aliphatic heterocycles. The number of carbonyl (C=O) groups is 1. The quantitative estimate of drug-likeness (QED) is 0.758. The molecule has 1 aromatic heterocycles. The second kappa shape index (κ2) is 8.75. The van der Waals surface area contributed by atoms with Crippen LogP contribution in [0.4, 0.5) is 11.6 Å². The maximum Gasteiger partial charge on any atom is 0.244 e. The molecule has 8 heteroatoms. The van der Waals surface area contributed by atoms with Crippen LogP contribution < -0.4 is 14.5 Å². The zero-order valence-corrected chi connectivity index (χ0v) is 17.0. The van der Waals surface area contributed by atoms with E-state index in [0.717, 1.165) is 37.0 Å². The van der Waals surface area contributed by atoms with Crippen LogP contribution >= 0.6 is 0 Å². The highest BCUT2D eigenvalue weighted by Crippen LogP contribution is 2.30.